The van der Waals surface area contributed by atoms with Gasteiger partial charge in [0, 0.05) is 0 Å². The van der Waals surface area contributed by atoms with Gasteiger partial charge in [-0.25, -0.2) is 9.13 Å². The van der Waals surface area contributed by atoms with Crippen LogP contribution in [0.3, 0.4) is 0 Å². The zero-order valence-electron chi connectivity index (χ0n) is 6.68. The number of rotatable bonds is 0. The first-order valence-electron chi connectivity index (χ1n) is 2.55. The van der Waals surface area contributed by atoms with E-state index in [1.807, 2.05) is 6.92 Å². The lowest BCUT2D eigenvalue weighted by Crippen LogP contribution is -1.66. The van der Waals surface area contributed by atoms with Crippen molar-refractivity contribution in [2.75, 3.05) is 0 Å². The Morgan fingerprint density at radius 3 is 0.867 bits per heavy atom. The summed E-state index contributed by atoms with van der Waals surface area (Å²) < 4.78 is 17.8. The lowest BCUT2D eigenvalue weighted by molar-refractivity contribution is 0.272. The molecule has 0 spiro atoms. The quantitative estimate of drug-likeness (QED) is 0.276. The van der Waals surface area contributed by atoms with E-state index in [0.717, 1.165) is 0 Å². The number of hydrogen-bond acceptors (Lipinski definition) is 2. The van der Waals surface area contributed by atoms with E-state index in [1.54, 1.807) is 6.08 Å². The lowest BCUT2D eigenvalue weighted by Gasteiger charge is -1.82. The van der Waals surface area contributed by atoms with Crippen molar-refractivity contribution in [3.8, 4) is 0 Å². The minimum atomic E-state index is -4.64. The topological polar surface area (TPSA) is 156 Å². The normalized spacial score (nSPS) is 8.73. The second-order valence-corrected chi connectivity index (χ2v) is 3.49. The van der Waals surface area contributed by atoms with Crippen molar-refractivity contribution in [2.45, 2.75) is 21.8 Å². The molecule has 15 heavy (non-hydrogen) atoms. The van der Waals surface area contributed by atoms with Gasteiger partial charge in [0.25, 0.3) is 0 Å². The second-order valence-electron chi connectivity index (χ2n) is 1.43. The fourth-order valence-corrected chi connectivity index (χ4v) is 0. The molecule has 98 valence electrons. The Bertz CT molecular complexity index is 167. The van der Waals surface area contributed by atoms with Crippen LogP contribution in [0.5, 0.6) is 0 Å². The second kappa shape index (κ2) is 14.0. The molecule has 8 nitrogen and oxygen atoms in total. The first-order chi connectivity index (χ1) is 5.41. The van der Waals surface area contributed by atoms with Gasteiger partial charge in [-0.15, -0.1) is 6.58 Å². The summed E-state index contributed by atoms with van der Waals surface area (Å²) in [5, 5.41) is 0. The van der Waals surface area contributed by atoms with E-state index in [0.29, 0.717) is 0 Å². The Morgan fingerprint density at radius 1 is 0.867 bits per heavy atom. The van der Waals surface area contributed by atoms with Gasteiger partial charge >= 0.3 is 15.6 Å². The molecule has 0 aliphatic rings. The standard InChI is InChI=1S/C3H6.2CH4.2H3O4P/c1-3-2;;;2*1-5(2,3)4/h3H,1H2,2H3;2*1H4;2*(H3,1,2,3,4). The molecule has 0 aliphatic heterocycles. The summed E-state index contributed by atoms with van der Waals surface area (Å²) in [4.78, 5) is 43.1. The first kappa shape index (κ1) is 29.4. The highest BCUT2D eigenvalue weighted by atomic mass is 31.2. The summed E-state index contributed by atoms with van der Waals surface area (Å²) in [5.41, 5.74) is 0. The lowest BCUT2D eigenvalue weighted by atomic mass is 10.8. The van der Waals surface area contributed by atoms with E-state index in [9.17, 15) is 0 Å². The Labute approximate surface area is 89.4 Å². The van der Waals surface area contributed by atoms with Crippen molar-refractivity contribution in [2.24, 2.45) is 0 Å². The van der Waals surface area contributed by atoms with Crippen molar-refractivity contribution < 1.29 is 38.5 Å². The minimum absolute atomic E-state index is 0. The van der Waals surface area contributed by atoms with Crippen LogP contribution in [0.2, 0.25) is 0 Å². The van der Waals surface area contributed by atoms with Gasteiger partial charge in [0.05, 0.1) is 0 Å². The molecule has 0 radical (unpaired) electrons. The van der Waals surface area contributed by atoms with Gasteiger partial charge in [0.1, 0.15) is 0 Å². The van der Waals surface area contributed by atoms with E-state index < -0.39 is 15.6 Å². The van der Waals surface area contributed by atoms with Crippen LogP contribution in [0, 0.1) is 0 Å². The van der Waals surface area contributed by atoms with E-state index in [1.165, 1.54) is 0 Å². The van der Waals surface area contributed by atoms with Crippen LogP contribution in [-0.4, -0.2) is 29.4 Å². The van der Waals surface area contributed by atoms with Crippen LogP contribution in [-0.2, 0) is 9.13 Å². The van der Waals surface area contributed by atoms with Crippen molar-refractivity contribution >= 4 is 15.6 Å². The molecule has 0 rings (SSSR count). The highest BCUT2D eigenvalue weighted by molar-refractivity contribution is 7.45. The Hall–Kier alpha value is -0.0400. The maximum absolute atomic E-state index is 8.88. The van der Waals surface area contributed by atoms with Crippen LogP contribution in [0.15, 0.2) is 12.7 Å². The molecule has 0 amide bonds. The fourth-order valence-electron chi connectivity index (χ4n) is 0. The molecule has 0 aliphatic carbocycles. The maximum Gasteiger partial charge on any atom is 0.466 e. The van der Waals surface area contributed by atoms with E-state index >= 15 is 0 Å². The van der Waals surface area contributed by atoms with Gasteiger partial charge in [0.2, 0.25) is 0 Å². The Morgan fingerprint density at radius 2 is 0.867 bits per heavy atom. The molecule has 0 atom stereocenters. The summed E-state index contributed by atoms with van der Waals surface area (Å²) in [6.07, 6.45) is 1.75. The maximum atomic E-state index is 8.88. The Balaban J connectivity index is -0.0000000322. The Kier molecular flexibility index (Phi) is 27.4. The third-order valence-electron chi connectivity index (χ3n) is 0. The summed E-state index contributed by atoms with van der Waals surface area (Å²) >= 11 is 0. The van der Waals surface area contributed by atoms with E-state index in [2.05, 4.69) is 6.58 Å². The smallest absolute Gasteiger partial charge is 0.303 e. The van der Waals surface area contributed by atoms with Gasteiger partial charge in [-0.3, -0.25) is 0 Å². The van der Waals surface area contributed by atoms with Gasteiger partial charge in [-0.05, 0) is 6.92 Å². The molecule has 0 saturated carbocycles. The van der Waals surface area contributed by atoms with Crippen molar-refractivity contribution in [1.82, 2.24) is 0 Å². The molecule has 0 aromatic carbocycles. The number of phosphoric acid groups is 2. The van der Waals surface area contributed by atoms with Crippen LogP contribution in [0.25, 0.3) is 0 Å². The highest BCUT2D eigenvalue weighted by Crippen LogP contribution is 2.26. The highest BCUT2D eigenvalue weighted by Gasteiger charge is 2.00. The molecule has 0 bridgehead atoms. The summed E-state index contributed by atoms with van der Waals surface area (Å²) in [7, 11) is -9.28. The zero-order valence-corrected chi connectivity index (χ0v) is 8.47. The van der Waals surface area contributed by atoms with Crippen molar-refractivity contribution in [3.05, 3.63) is 12.7 Å². The monoisotopic (exact) mass is 270 g/mol. The summed E-state index contributed by atoms with van der Waals surface area (Å²) in [6, 6.07) is 0. The van der Waals surface area contributed by atoms with E-state index in [-0.39, 0.29) is 14.9 Å². The third kappa shape index (κ3) is 1250000. The molecular weight excluding hydrogens is 250 g/mol. The summed E-state index contributed by atoms with van der Waals surface area (Å²) in [6.45, 7) is 5.25. The predicted molar refractivity (Wildman–Crippen MR) is 57.9 cm³/mol. The molecule has 0 unspecified atom stereocenters. The molecule has 6 N–H and O–H groups in total. The minimum Gasteiger partial charge on any atom is -0.303 e. The third-order valence-corrected chi connectivity index (χ3v) is 0. The van der Waals surface area contributed by atoms with Gasteiger partial charge in [-0.1, -0.05) is 20.9 Å². The van der Waals surface area contributed by atoms with Crippen molar-refractivity contribution in [1.29, 1.82) is 0 Å². The SMILES string of the molecule is C.C.C=CC.O=P(O)(O)O.O=P(O)(O)O. The van der Waals surface area contributed by atoms with Crippen LogP contribution >= 0.6 is 15.6 Å². The number of hydrogen-bond donors (Lipinski definition) is 6. The molecular formula is C5H20O8P2. The molecule has 0 aromatic rings. The largest absolute Gasteiger partial charge is 0.466 e. The van der Waals surface area contributed by atoms with Gasteiger partial charge in [-0.2, -0.15) is 0 Å². The van der Waals surface area contributed by atoms with Crippen LogP contribution in [0.4, 0.5) is 0 Å². The molecule has 0 fully saturated rings. The number of allylic oxidation sites excluding steroid dienone is 1. The fraction of sp³-hybridized carbons (Fsp3) is 0.600. The molecule has 0 heterocycles. The van der Waals surface area contributed by atoms with Crippen LogP contribution < -0.4 is 0 Å². The summed E-state index contributed by atoms with van der Waals surface area (Å²) in [5.74, 6) is 0. The van der Waals surface area contributed by atoms with Gasteiger partial charge in [0.15, 0.2) is 0 Å². The first-order valence-corrected chi connectivity index (χ1v) is 5.68. The molecule has 10 heteroatoms. The molecule has 0 aromatic heterocycles. The van der Waals surface area contributed by atoms with Crippen molar-refractivity contribution in [3.63, 3.8) is 0 Å². The van der Waals surface area contributed by atoms with E-state index in [4.69, 9.17) is 38.5 Å². The molecule has 0 saturated heterocycles. The zero-order chi connectivity index (χ0) is 11.7. The van der Waals surface area contributed by atoms with Gasteiger partial charge < -0.3 is 29.4 Å². The predicted octanol–water partition coefficient (Wildman–Crippen LogP) is 0.607. The average molecular weight is 270 g/mol. The average Bonchev–Trinajstić information content (AvgIpc) is 1.52. The van der Waals surface area contributed by atoms with Crippen LogP contribution in [0.1, 0.15) is 21.8 Å².